The highest BCUT2D eigenvalue weighted by Gasteiger charge is 2.61. The van der Waals surface area contributed by atoms with Crippen LogP contribution < -0.4 is 15.4 Å². The fourth-order valence-corrected chi connectivity index (χ4v) is 5.30. The molecule has 28 heavy (non-hydrogen) atoms. The molecular formula is C20H25N3O4S. The second-order valence-electron chi connectivity index (χ2n) is 7.99. The minimum Gasteiger partial charge on any atom is -0.340 e. The van der Waals surface area contributed by atoms with E-state index in [1.54, 1.807) is 6.08 Å². The molecule has 7 nitrogen and oxygen atoms in total. The fraction of sp³-hybridized carbons (Fsp3) is 0.500. The fourth-order valence-electron chi connectivity index (χ4n) is 3.94. The Bertz CT molecular complexity index is 897. The summed E-state index contributed by atoms with van der Waals surface area (Å²) in [5.41, 5.74) is -0.0449. The summed E-state index contributed by atoms with van der Waals surface area (Å²) < 4.78 is 26.4. The zero-order chi connectivity index (χ0) is 19.9. The molecule has 2 unspecified atom stereocenters. The number of sulfonamides is 1. The Morgan fingerprint density at radius 2 is 1.93 bits per heavy atom. The Morgan fingerprint density at radius 3 is 2.54 bits per heavy atom. The van der Waals surface area contributed by atoms with Gasteiger partial charge in [-0.1, -0.05) is 36.4 Å². The van der Waals surface area contributed by atoms with Gasteiger partial charge in [-0.3, -0.25) is 14.3 Å². The van der Waals surface area contributed by atoms with Crippen molar-refractivity contribution < 1.29 is 18.0 Å². The van der Waals surface area contributed by atoms with Gasteiger partial charge in [-0.05, 0) is 37.2 Å². The van der Waals surface area contributed by atoms with Crippen molar-refractivity contribution in [1.29, 1.82) is 0 Å². The molecule has 1 saturated heterocycles. The van der Waals surface area contributed by atoms with Crippen molar-refractivity contribution in [2.45, 2.75) is 48.4 Å². The van der Waals surface area contributed by atoms with Gasteiger partial charge in [0.1, 0.15) is 5.54 Å². The van der Waals surface area contributed by atoms with Gasteiger partial charge in [0.05, 0.1) is 11.3 Å². The third kappa shape index (κ3) is 3.58. The van der Waals surface area contributed by atoms with Crippen molar-refractivity contribution in [2.24, 2.45) is 5.92 Å². The molecule has 1 aromatic carbocycles. The van der Waals surface area contributed by atoms with Gasteiger partial charge < -0.3 is 10.6 Å². The lowest BCUT2D eigenvalue weighted by molar-refractivity contribution is -0.130. The first-order valence-corrected chi connectivity index (χ1v) is 11.2. The van der Waals surface area contributed by atoms with E-state index in [9.17, 15) is 18.0 Å². The minimum atomic E-state index is -3.66. The average molecular weight is 404 g/mol. The number of carbonyl (C=O) groups is 2. The standard InChI is InChI=1S/C20H25N3O4S/c1-2-15-11-20(15,19(25)23-28(26,27)16-8-9-16)22-18(24)17-10-14(12-21-17)13-6-4-3-5-7-13/h2-7,14-17,21H,1,8-12H2,(H,22,24)(H,23,25)/t14-,15?,17+,20?/m1/s1. The molecule has 2 aliphatic carbocycles. The first-order chi connectivity index (χ1) is 13.4. The van der Waals surface area contributed by atoms with Crippen LogP contribution in [-0.4, -0.2) is 43.6 Å². The van der Waals surface area contributed by atoms with Crippen molar-refractivity contribution in [3.63, 3.8) is 0 Å². The maximum atomic E-state index is 12.8. The summed E-state index contributed by atoms with van der Waals surface area (Å²) in [6, 6.07) is 9.57. The minimum absolute atomic E-state index is 0.228. The largest absolute Gasteiger partial charge is 0.340 e. The van der Waals surface area contributed by atoms with Crippen LogP contribution in [0.2, 0.25) is 0 Å². The van der Waals surface area contributed by atoms with Crippen LogP contribution in [0.1, 0.15) is 37.2 Å². The average Bonchev–Trinajstić information content (AvgIpc) is 3.59. The summed E-state index contributed by atoms with van der Waals surface area (Å²) in [5.74, 6) is -0.972. The molecule has 0 bridgehead atoms. The van der Waals surface area contributed by atoms with Crippen LogP contribution in [0, 0.1) is 5.92 Å². The van der Waals surface area contributed by atoms with Gasteiger partial charge in [0.15, 0.2) is 0 Å². The lowest BCUT2D eigenvalue weighted by atomic mass is 9.96. The van der Waals surface area contributed by atoms with Gasteiger partial charge in [-0.15, -0.1) is 6.58 Å². The summed E-state index contributed by atoms with van der Waals surface area (Å²) in [6.07, 6.45) is 3.73. The molecule has 0 radical (unpaired) electrons. The monoisotopic (exact) mass is 403 g/mol. The smallest absolute Gasteiger partial charge is 0.259 e. The molecule has 8 heteroatoms. The molecule has 3 fully saturated rings. The summed E-state index contributed by atoms with van der Waals surface area (Å²) in [6.45, 7) is 4.39. The van der Waals surface area contributed by atoms with E-state index in [0.717, 1.165) is 0 Å². The van der Waals surface area contributed by atoms with E-state index < -0.39 is 32.8 Å². The number of amides is 2. The van der Waals surface area contributed by atoms with Crippen LogP contribution in [0.15, 0.2) is 43.0 Å². The van der Waals surface area contributed by atoms with E-state index in [2.05, 4.69) is 21.9 Å². The zero-order valence-electron chi connectivity index (χ0n) is 15.6. The first kappa shape index (κ1) is 19.1. The van der Waals surface area contributed by atoms with E-state index in [1.807, 2.05) is 30.3 Å². The normalized spacial score (nSPS) is 31.8. The second kappa shape index (κ2) is 7.00. The Morgan fingerprint density at radius 1 is 1.21 bits per heavy atom. The molecule has 3 N–H and O–H groups in total. The summed E-state index contributed by atoms with van der Waals surface area (Å²) in [7, 11) is -3.66. The van der Waals surface area contributed by atoms with Crippen molar-refractivity contribution in [3.05, 3.63) is 48.6 Å². The zero-order valence-corrected chi connectivity index (χ0v) is 16.4. The lowest BCUT2D eigenvalue weighted by Gasteiger charge is -2.21. The first-order valence-electron chi connectivity index (χ1n) is 9.64. The van der Waals surface area contributed by atoms with Crippen LogP contribution in [0.4, 0.5) is 0 Å². The van der Waals surface area contributed by atoms with Gasteiger partial charge in [0.25, 0.3) is 5.91 Å². The van der Waals surface area contributed by atoms with Crippen molar-refractivity contribution >= 4 is 21.8 Å². The second-order valence-corrected chi connectivity index (χ2v) is 9.95. The molecule has 2 amide bonds. The number of nitrogens with one attached hydrogen (secondary N) is 3. The number of hydrogen-bond acceptors (Lipinski definition) is 5. The van der Waals surface area contributed by atoms with Crippen molar-refractivity contribution in [1.82, 2.24) is 15.4 Å². The molecule has 1 aromatic rings. The molecule has 4 atom stereocenters. The van der Waals surface area contributed by atoms with Crippen LogP contribution in [-0.2, 0) is 19.6 Å². The predicted octanol–water partition coefficient (Wildman–Crippen LogP) is 0.801. The molecule has 4 rings (SSSR count). The Labute approximate surface area is 165 Å². The molecule has 3 aliphatic rings. The Hall–Kier alpha value is -2.19. The topological polar surface area (TPSA) is 104 Å². The van der Waals surface area contributed by atoms with Crippen LogP contribution in [0.5, 0.6) is 0 Å². The lowest BCUT2D eigenvalue weighted by Crippen LogP contribution is -2.55. The van der Waals surface area contributed by atoms with E-state index in [4.69, 9.17) is 0 Å². The third-order valence-corrected chi connectivity index (χ3v) is 7.79. The molecule has 2 saturated carbocycles. The molecule has 150 valence electrons. The van der Waals surface area contributed by atoms with Crippen LogP contribution in [0.25, 0.3) is 0 Å². The number of rotatable bonds is 7. The number of benzene rings is 1. The maximum Gasteiger partial charge on any atom is 0.259 e. The number of hydrogen-bond donors (Lipinski definition) is 3. The highest BCUT2D eigenvalue weighted by atomic mass is 32.2. The quantitative estimate of drug-likeness (QED) is 0.584. The molecular weight excluding hydrogens is 378 g/mol. The molecule has 1 heterocycles. The van der Waals surface area contributed by atoms with Gasteiger partial charge in [-0.2, -0.15) is 0 Å². The predicted molar refractivity (Wildman–Crippen MR) is 105 cm³/mol. The third-order valence-electron chi connectivity index (χ3n) is 5.97. The Kier molecular flexibility index (Phi) is 4.79. The van der Waals surface area contributed by atoms with Crippen LogP contribution >= 0.6 is 0 Å². The Balaban J connectivity index is 1.41. The highest BCUT2D eigenvalue weighted by Crippen LogP contribution is 2.45. The maximum absolute atomic E-state index is 12.8. The summed E-state index contributed by atoms with van der Waals surface area (Å²) in [5, 5.41) is 5.54. The van der Waals surface area contributed by atoms with Gasteiger partial charge in [0.2, 0.25) is 15.9 Å². The van der Waals surface area contributed by atoms with Gasteiger partial charge >= 0.3 is 0 Å². The summed E-state index contributed by atoms with van der Waals surface area (Å²) >= 11 is 0. The molecule has 1 aliphatic heterocycles. The SMILES string of the molecule is C=CC1CC1(NC(=O)[C@@H]1C[C@@H](c2ccccc2)CN1)C(=O)NS(=O)(=O)C1CC1. The van der Waals surface area contributed by atoms with Gasteiger partial charge in [0, 0.05) is 12.5 Å². The summed E-state index contributed by atoms with van der Waals surface area (Å²) in [4.78, 5) is 25.5. The van der Waals surface area contributed by atoms with E-state index in [-0.39, 0.29) is 17.7 Å². The van der Waals surface area contributed by atoms with Crippen molar-refractivity contribution in [3.8, 4) is 0 Å². The van der Waals surface area contributed by atoms with E-state index >= 15 is 0 Å². The van der Waals surface area contributed by atoms with Crippen LogP contribution in [0.3, 0.4) is 0 Å². The molecule has 0 aromatic heterocycles. The highest BCUT2D eigenvalue weighted by molar-refractivity contribution is 7.91. The van der Waals surface area contributed by atoms with Crippen molar-refractivity contribution in [2.75, 3.05) is 6.54 Å². The van der Waals surface area contributed by atoms with E-state index in [0.29, 0.717) is 32.2 Å². The van der Waals surface area contributed by atoms with Gasteiger partial charge in [-0.25, -0.2) is 8.42 Å². The van der Waals surface area contributed by atoms with E-state index in [1.165, 1.54) is 5.56 Å². The number of carbonyl (C=O) groups excluding carboxylic acids is 2. The molecule has 0 spiro atoms.